The lowest BCUT2D eigenvalue weighted by Gasteiger charge is -2.27. The Kier molecular flexibility index (Phi) is 4.56. The number of pyridine rings is 1. The summed E-state index contributed by atoms with van der Waals surface area (Å²) in [6.45, 7) is 2.92. The predicted octanol–water partition coefficient (Wildman–Crippen LogP) is 3.01. The van der Waals surface area contributed by atoms with Gasteiger partial charge < -0.3 is 20.9 Å². The third kappa shape index (κ3) is 3.20. The number of nitrogens with zero attached hydrogens (tertiary/aromatic N) is 2. The van der Waals surface area contributed by atoms with Crippen molar-refractivity contribution in [3.05, 3.63) is 70.5 Å². The number of H-pyrrole nitrogens is 1. The van der Waals surface area contributed by atoms with Crippen LogP contribution in [0.4, 0.5) is 5.69 Å². The monoisotopic (exact) mass is 405 g/mol. The average molecular weight is 406 g/mol. The number of rotatable bonds is 3. The van der Waals surface area contributed by atoms with Gasteiger partial charge in [0.15, 0.2) is 0 Å². The van der Waals surface area contributed by atoms with Gasteiger partial charge in [-0.15, -0.1) is 11.8 Å². The summed E-state index contributed by atoms with van der Waals surface area (Å²) in [6, 6.07) is 9.93. The number of aromatic nitrogens is 2. The van der Waals surface area contributed by atoms with Crippen LogP contribution in [-0.2, 0) is 11.2 Å². The lowest BCUT2D eigenvalue weighted by Crippen LogP contribution is -2.42. The Morgan fingerprint density at radius 1 is 1.34 bits per heavy atom. The van der Waals surface area contributed by atoms with Gasteiger partial charge in [0.25, 0.3) is 5.91 Å². The number of benzene rings is 1. The lowest BCUT2D eigenvalue weighted by atomic mass is 10.1. The van der Waals surface area contributed by atoms with E-state index in [1.165, 1.54) is 5.56 Å². The van der Waals surface area contributed by atoms with Crippen LogP contribution in [-0.4, -0.2) is 34.2 Å². The van der Waals surface area contributed by atoms with Gasteiger partial charge in [0.1, 0.15) is 5.65 Å². The summed E-state index contributed by atoms with van der Waals surface area (Å²) in [6.07, 6.45) is 6.50. The Balaban J connectivity index is 1.38. The molecule has 29 heavy (non-hydrogen) atoms. The number of hydrogen-bond donors (Lipinski definition) is 3. The second kappa shape index (κ2) is 7.24. The molecule has 0 fully saturated rings. The van der Waals surface area contributed by atoms with E-state index in [4.69, 9.17) is 5.73 Å². The zero-order chi connectivity index (χ0) is 20.0. The molecule has 2 aliphatic rings. The van der Waals surface area contributed by atoms with Crippen LogP contribution in [0.15, 0.2) is 53.8 Å². The predicted molar refractivity (Wildman–Crippen MR) is 118 cm³/mol. The Labute approximate surface area is 173 Å². The summed E-state index contributed by atoms with van der Waals surface area (Å²) in [4.78, 5) is 23.5. The second-order valence-electron chi connectivity index (χ2n) is 7.57. The maximum Gasteiger partial charge on any atom is 0.259 e. The van der Waals surface area contributed by atoms with Crippen LogP contribution in [0.1, 0.15) is 22.7 Å². The molecule has 0 saturated heterocycles. The van der Waals surface area contributed by atoms with Gasteiger partial charge in [-0.3, -0.25) is 4.79 Å². The number of carbonyl (C=O) groups is 1. The molecule has 0 spiro atoms. The van der Waals surface area contributed by atoms with Crippen molar-refractivity contribution in [1.82, 2.24) is 15.3 Å². The number of carbonyl (C=O) groups excluding carboxylic acids is 1. The number of aryl methyl sites for hydroxylation is 1. The zero-order valence-electron chi connectivity index (χ0n) is 16.2. The number of hydrogen-bond acceptors (Lipinski definition) is 5. The normalized spacial score (nSPS) is 21.2. The second-order valence-corrected chi connectivity index (χ2v) is 8.71. The SMILES string of the molecule is Cc1c[nH]c2nccc(N3C=C(C(=O)N[C@@H]4Cc5ccccc5[C@H]4N)SCC3)c12. The van der Waals surface area contributed by atoms with E-state index >= 15 is 0 Å². The molecule has 0 radical (unpaired) electrons. The topological polar surface area (TPSA) is 87.0 Å². The van der Waals surface area contributed by atoms with Crippen molar-refractivity contribution in [3.63, 3.8) is 0 Å². The summed E-state index contributed by atoms with van der Waals surface area (Å²) in [7, 11) is 0. The van der Waals surface area contributed by atoms with E-state index in [-0.39, 0.29) is 18.0 Å². The lowest BCUT2D eigenvalue weighted by molar-refractivity contribution is -0.117. The molecule has 1 amide bonds. The number of amides is 1. The highest BCUT2D eigenvalue weighted by Gasteiger charge is 2.31. The number of aromatic amines is 1. The minimum atomic E-state index is -0.164. The van der Waals surface area contributed by atoms with Crippen LogP contribution in [0.3, 0.4) is 0 Å². The van der Waals surface area contributed by atoms with Gasteiger partial charge >= 0.3 is 0 Å². The van der Waals surface area contributed by atoms with Crippen LogP contribution >= 0.6 is 11.8 Å². The van der Waals surface area contributed by atoms with Gasteiger partial charge in [0.05, 0.1) is 22.7 Å². The van der Waals surface area contributed by atoms with Crippen molar-refractivity contribution in [1.29, 1.82) is 0 Å². The fourth-order valence-electron chi connectivity index (χ4n) is 4.26. The molecule has 7 heteroatoms. The van der Waals surface area contributed by atoms with Crippen molar-refractivity contribution in [2.75, 3.05) is 17.2 Å². The molecule has 4 N–H and O–H groups in total. The molecule has 2 aromatic heterocycles. The largest absolute Gasteiger partial charge is 0.347 e. The quantitative estimate of drug-likeness (QED) is 0.624. The molecule has 3 heterocycles. The van der Waals surface area contributed by atoms with Gasteiger partial charge in [0, 0.05) is 36.3 Å². The van der Waals surface area contributed by atoms with E-state index in [0.717, 1.165) is 51.5 Å². The van der Waals surface area contributed by atoms with Crippen molar-refractivity contribution >= 4 is 34.4 Å². The number of nitrogens with one attached hydrogen (secondary N) is 2. The highest BCUT2D eigenvalue weighted by Crippen LogP contribution is 2.33. The van der Waals surface area contributed by atoms with Crippen LogP contribution in [0.25, 0.3) is 11.0 Å². The molecule has 5 rings (SSSR count). The molecular formula is C22H23N5OS. The number of anilines is 1. The standard InChI is InChI=1S/C22H23N5OS/c1-13-11-25-21-19(13)17(6-7-24-21)27-8-9-29-18(12-27)22(28)26-16-10-14-4-2-3-5-15(14)20(16)23/h2-7,11-12,16,20H,8-10,23H2,1H3,(H,24,25)(H,26,28)/t16-,20-/m1/s1. The first-order valence-corrected chi connectivity index (χ1v) is 10.8. The summed E-state index contributed by atoms with van der Waals surface area (Å²) in [5.41, 5.74) is 11.8. The summed E-state index contributed by atoms with van der Waals surface area (Å²) in [5.74, 6) is 0.799. The molecular weight excluding hydrogens is 382 g/mol. The molecule has 3 aromatic rings. The molecule has 148 valence electrons. The van der Waals surface area contributed by atoms with E-state index in [9.17, 15) is 4.79 Å². The van der Waals surface area contributed by atoms with Crippen LogP contribution < -0.4 is 16.0 Å². The minimum Gasteiger partial charge on any atom is -0.347 e. The third-order valence-corrected chi connectivity index (χ3v) is 6.74. The number of nitrogens with two attached hydrogens (primary N) is 1. The van der Waals surface area contributed by atoms with Gasteiger partial charge in [0.2, 0.25) is 0 Å². The Morgan fingerprint density at radius 2 is 2.21 bits per heavy atom. The van der Waals surface area contributed by atoms with Gasteiger partial charge in [-0.1, -0.05) is 24.3 Å². The molecule has 0 unspecified atom stereocenters. The average Bonchev–Trinajstić information content (AvgIpc) is 3.28. The molecule has 6 nitrogen and oxygen atoms in total. The van der Waals surface area contributed by atoms with Gasteiger partial charge in [-0.05, 0) is 36.1 Å². The zero-order valence-corrected chi connectivity index (χ0v) is 17.0. The minimum absolute atomic E-state index is 0.0518. The van der Waals surface area contributed by atoms with Crippen LogP contribution in [0.5, 0.6) is 0 Å². The first-order valence-electron chi connectivity index (χ1n) is 9.80. The molecule has 1 aromatic carbocycles. The Morgan fingerprint density at radius 3 is 3.07 bits per heavy atom. The van der Waals surface area contributed by atoms with E-state index in [1.54, 1.807) is 18.0 Å². The van der Waals surface area contributed by atoms with E-state index < -0.39 is 0 Å². The first kappa shape index (κ1) is 18.3. The van der Waals surface area contributed by atoms with Gasteiger partial charge in [-0.2, -0.15) is 0 Å². The van der Waals surface area contributed by atoms with Crippen molar-refractivity contribution in [3.8, 4) is 0 Å². The fourth-order valence-corrected chi connectivity index (χ4v) is 5.16. The fraction of sp³-hybridized carbons (Fsp3) is 0.273. The number of fused-ring (bicyclic) bond motifs is 2. The maximum atomic E-state index is 13.0. The van der Waals surface area contributed by atoms with Crippen LogP contribution in [0.2, 0.25) is 0 Å². The Bertz CT molecular complexity index is 1120. The van der Waals surface area contributed by atoms with E-state index in [0.29, 0.717) is 0 Å². The summed E-state index contributed by atoms with van der Waals surface area (Å²) < 4.78 is 0. The molecule has 1 aliphatic heterocycles. The van der Waals surface area contributed by atoms with Crippen molar-refractivity contribution in [2.24, 2.45) is 5.73 Å². The summed E-state index contributed by atoms with van der Waals surface area (Å²) >= 11 is 1.59. The Hall–Kier alpha value is -2.77. The maximum absolute atomic E-state index is 13.0. The molecule has 2 atom stereocenters. The van der Waals surface area contributed by atoms with Crippen molar-refractivity contribution < 1.29 is 4.79 Å². The molecule has 0 bridgehead atoms. The van der Waals surface area contributed by atoms with Gasteiger partial charge in [-0.25, -0.2) is 4.98 Å². The number of thioether (sulfide) groups is 1. The summed E-state index contributed by atoms with van der Waals surface area (Å²) in [5, 5.41) is 4.26. The highest BCUT2D eigenvalue weighted by atomic mass is 32.2. The molecule has 1 aliphatic carbocycles. The first-order chi connectivity index (χ1) is 14.1. The van der Waals surface area contributed by atoms with Crippen LogP contribution in [0, 0.1) is 6.92 Å². The van der Waals surface area contributed by atoms with Crippen molar-refractivity contribution in [2.45, 2.75) is 25.4 Å². The van der Waals surface area contributed by atoms with E-state index in [1.807, 2.05) is 30.6 Å². The van der Waals surface area contributed by atoms with E-state index in [2.05, 4.69) is 39.2 Å². The smallest absolute Gasteiger partial charge is 0.259 e. The third-order valence-electron chi connectivity index (χ3n) is 5.75. The highest BCUT2D eigenvalue weighted by molar-refractivity contribution is 8.04. The molecule has 0 saturated carbocycles.